The van der Waals surface area contributed by atoms with Crippen molar-refractivity contribution in [1.82, 2.24) is 9.80 Å². The number of carbonyl (C=O) groups excluding carboxylic acids is 1. The highest BCUT2D eigenvalue weighted by atomic mass is 16.5. The van der Waals surface area contributed by atoms with Crippen LogP contribution in [0.3, 0.4) is 0 Å². The van der Waals surface area contributed by atoms with Gasteiger partial charge in [-0.2, -0.15) is 0 Å². The topological polar surface area (TPSA) is 44.8 Å². The zero-order chi connectivity index (χ0) is 17.6. The van der Waals surface area contributed by atoms with Crippen LogP contribution in [0.5, 0.6) is 0 Å². The number of morpholine rings is 1. The summed E-state index contributed by atoms with van der Waals surface area (Å²) in [7, 11) is 0. The van der Waals surface area contributed by atoms with E-state index >= 15 is 0 Å². The lowest BCUT2D eigenvalue weighted by Crippen LogP contribution is -2.47. The van der Waals surface area contributed by atoms with E-state index in [0.29, 0.717) is 11.8 Å². The minimum atomic E-state index is 0.0415. The molecule has 2 heterocycles. The van der Waals surface area contributed by atoms with E-state index in [1.807, 2.05) is 23.1 Å². The molecule has 0 radical (unpaired) electrons. The first-order valence-corrected chi connectivity index (χ1v) is 9.58. The lowest BCUT2D eigenvalue weighted by atomic mass is 9.97. The molecule has 2 amide bonds. The molecule has 2 fully saturated rings. The number of likely N-dealkylation sites (tertiary alicyclic amines) is 1. The van der Waals surface area contributed by atoms with E-state index in [9.17, 15) is 4.79 Å². The Bertz CT molecular complexity index is 570. The lowest BCUT2D eigenvalue weighted by Gasteiger charge is -2.36. The van der Waals surface area contributed by atoms with E-state index in [2.05, 4.69) is 30.1 Å². The molecule has 1 aromatic carbocycles. The number of para-hydroxylation sites is 1. The van der Waals surface area contributed by atoms with Crippen LogP contribution in [-0.4, -0.2) is 61.8 Å². The van der Waals surface area contributed by atoms with Gasteiger partial charge in [-0.15, -0.1) is 0 Å². The summed E-state index contributed by atoms with van der Waals surface area (Å²) in [5.41, 5.74) is 2.13. The Balaban J connectivity index is 1.56. The second-order valence-corrected chi connectivity index (χ2v) is 7.54. The van der Waals surface area contributed by atoms with Crippen molar-refractivity contribution in [3.8, 4) is 0 Å². The predicted octanol–water partition coefficient (Wildman–Crippen LogP) is 3.39. The Kier molecular flexibility index (Phi) is 6.32. The van der Waals surface area contributed by atoms with Crippen molar-refractivity contribution in [2.24, 2.45) is 5.92 Å². The van der Waals surface area contributed by atoms with Crippen molar-refractivity contribution in [2.45, 2.75) is 32.6 Å². The summed E-state index contributed by atoms with van der Waals surface area (Å²) in [5.74, 6) is 0.963. The van der Waals surface area contributed by atoms with Crippen LogP contribution in [0, 0.1) is 5.92 Å². The Morgan fingerprint density at radius 2 is 2.00 bits per heavy atom. The number of nitrogens with one attached hydrogen (secondary N) is 1. The van der Waals surface area contributed by atoms with E-state index in [4.69, 9.17) is 4.74 Å². The lowest BCUT2D eigenvalue weighted by molar-refractivity contribution is 0.0252. The number of carbonyl (C=O) groups is 1. The van der Waals surface area contributed by atoms with Gasteiger partial charge in [0.2, 0.25) is 0 Å². The number of ether oxygens (including phenoxy) is 1. The molecule has 3 rings (SSSR count). The molecule has 0 aromatic heterocycles. The van der Waals surface area contributed by atoms with Gasteiger partial charge in [-0.3, -0.25) is 4.90 Å². The van der Waals surface area contributed by atoms with E-state index in [-0.39, 0.29) is 6.03 Å². The molecule has 0 aliphatic carbocycles. The summed E-state index contributed by atoms with van der Waals surface area (Å²) in [4.78, 5) is 17.2. The van der Waals surface area contributed by atoms with E-state index < -0.39 is 0 Å². The standard InChI is InChI=1S/C20H31N3O2/c1-16(2)18-7-3-4-8-19(18)21-20(24)23-9-5-6-17(15-23)14-22-10-12-25-13-11-22/h3-4,7-8,16-17H,5-6,9-15H2,1-2H3,(H,21,24)/t17-/m0/s1. The highest BCUT2D eigenvalue weighted by Crippen LogP contribution is 2.25. The number of benzene rings is 1. The maximum absolute atomic E-state index is 12.8. The zero-order valence-corrected chi connectivity index (χ0v) is 15.5. The zero-order valence-electron chi connectivity index (χ0n) is 15.5. The number of hydrogen-bond donors (Lipinski definition) is 1. The molecule has 0 spiro atoms. The molecular formula is C20H31N3O2. The minimum Gasteiger partial charge on any atom is -0.379 e. The molecule has 25 heavy (non-hydrogen) atoms. The molecule has 1 atom stereocenters. The SMILES string of the molecule is CC(C)c1ccccc1NC(=O)N1CCC[C@@H](CN2CCOCC2)C1. The Morgan fingerprint density at radius 3 is 2.76 bits per heavy atom. The largest absolute Gasteiger partial charge is 0.379 e. The molecule has 1 N–H and O–H groups in total. The van der Waals surface area contributed by atoms with Crippen molar-refractivity contribution < 1.29 is 9.53 Å². The van der Waals surface area contributed by atoms with Gasteiger partial charge < -0.3 is 15.0 Å². The van der Waals surface area contributed by atoms with Crippen LogP contribution < -0.4 is 5.32 Å². The van der Waals surface area contributed by atoms with Crippen molar-refractivity contribution in [3.63, 3.8) is 0 Å². The summed E-state index contributed by atoms with van der Waals surface area (Å²) in [5, 5.41) is 3.14. The van der Waals surface area contributed by atoms with E-state index in [1.165, 1.54) is 12.0 Å². The van der Waals surface area contributed by atoms with E-state index in [1.54, 1.807) is 0 Å². The summed E-state index contributed by atoms with van der Waals surface area (Å²) >= 11 is 0. The van der Waals surface area contributed by atoms with Crippen molar-refractivity contribution in [2.75, 3.05) is 51.3 Å². The van der Waals surface area contributed by atoms with Crippen LogP contribution in [0.2, 0.25) is 0 Å². The van der Waals surface area contributed by atoms with Gasteiger partial charge in [-0.05, 0) is 36.3 Å². The molecule has 0 unspecified atom stereocenters. The van der Waals surface area contributed by atoms with Crippen LogP contribution in [0.4, 0.5) is 10.5 Å². The maximum Gasteiger partial charge on any atom is 0.321 e. The summed E-state index contributed by atoms with van der Waals surface area (Å²) < 4.78 is 5.43. The van der Waals surface area contributed by atoms with Gasteiger partial charge in [-0.1, -0.05) is 32.0 Å². The fourth-order valence-electron chi connectivity index (χ4n) is 3.86. The summed E-state index contributed by atoms with van der Waals surface area (Å²) in [6.45, 7) is 10.8. The third-order valence-corrected chi connectivity index (χ3v) is 5.25. The fourth-order valence-corrected chi connectivity index (χ4v) is 3.86. The Labute approximate surface area is 151 Å². The van der Waals surface area contributed by atoms with Gasteiger partial charge in [0, 0.05) is 38.4 Å². The van der Waals surface area contributed by atoms with Gasteiger partial charge in [0.05, 0.1) is 13.2 Å². The fraction of sp³-hybridized carbons (Fsp3) is 0.650. The number of hydrogen-bond acceptors (Lipinski definition) is 3. The molecule has 0 bridgehead atoms. The average molecular weight is 345 g/mol. The van der Waals surface area contributed by atoms with Gasteiger partial charge >= 0.3 is 6.03 Å². The first-order chi connectivity index (χ1) is 12.1. The van der Waals surface area contributed by atoms with Gasteiger partial charge in [0.15, 0.2) is 0 Å². The minimum absolute atomic E-state index is 0.0415. The average Bonchev–Trinajstić information content (AvgIpc) is 2.63. The van der Waals surface area contributed by atoms with Crippen molar-refractivity contribution >= 4 is 11.7 Å². The third-order valence-electron chi connectivity index (χ3n) is 5.25. The predicted molar refractivity (Wildman–Crippen MR) is 101 cm³/mol. The Morgan fingerprint density at radius 1 is 1.24 bits per heavy atom. The van der Waals surface area contributed by atoms with Crippen LogP contribution in [-0.2, 0) is 4.74 Å². The van der Waals surface area contributed by atoms with Crippen LogP contribution in [0.1, 0.15) is 38.2 Å². The molecule has 138 valence electrons. The second kappa shape index (κ2) is 8.68. The maximum atomic E-state index is 12.8. The van der Waals surface area contributed by atoms with Gasteiger partial charge in [0.1, 0.15) is 0 Å². The van der Waals surface area contributed by atoms with Crippen LogP contribution >= 0.6 is 0 Å². The molecule has 0 saturated carbocycles. The van der Waals surface area contributed by atoms with Crippen molar-refractivity contribution in [3.05, 3.63) is 29.8 Å². The monoisotopic (exact) mass is 345 g/mol. The number of rotatable bonds is 4. The second-order valence-electron chi connectivity index (χ2n) is 7.54. The molecule has 2 saturated heterocycles. The first kappa shape index (κ1) is 18.2. The summed E-state index contributed by atoms with van der Waals surface area (Å²) in [6, 6.07) is 8.16. The number of piperidine rings is 1. The summed E-state index contributed by atoms with van der Waals surface area (Å²) in [6.07, 6.45) is 2.30. The number of anilines is 1. The first-order valence-electron chi connectivity index (χ1n) is 9.58. The highest BCUT2D eigenvalue weighted by molar-refractivity contribution is 5.90. The van der Waals surface area contributed by atoms with Crippen LogP contribution in [0.15, 0.2) is 24.3 Å². The molecule has 5 heteroatoms. The quantitative estimate of drug-likeness (QED) is 0.910. The molecule has 1 aromatic rings. The van der Waals surface area contributed by atoms with Crippen molar-refractivity contribution in [1.29, 1.82) is 0 Å². The van der Waals surface area contributed by atoms with Crippen LogP contribution in [0.25, 0.3) is 0 Å². The highest BCUT2D eigenvalue weighted by Gasteiger charge is 2.26. The molecule has 5 nitrogen and oxygen atoms in total. The molecule has 2 aliphatic rings. The van der Waals surface area contributed by atoms with Gasteiger partial charge in [0.25, 0.3) is 0 Å². The number of nitrogens with zero attached hydrogens (tertiary/aromatic N) is 2. The third kappa shape index (κ3) is 4.95. The normalized spacial score (nSPS) is 22.2. The van der Waals surface area contributed by atoms with Gasteiger partial charge in [-0.25, -0.2) is 4.79 Å². The van der Waals surface area contributed by atoms with E-state index in [0.717, 1.165) is 58.0 Å². The number of urea groups is 1. The molecule has 2 aliphatic heterocycles. The number of amides is 2. The Hall–Kier alpha value is -1.59. The molecular weight excluding hydrogens is 314 g/mol. The smallest absolute Gasteiger partial charge is 0.321 e.